The minimum absolute atomic E-state index is 0.925. The molecule has 96 valence electrons. The van der Waals surface area contributed by atoms with E-state index >= 15 is 0 Å². The van der Waals surface area contributed by atoms with Crippen LogP contribution < -0.4 is 0 Å². The molecule has 18 heavy (non-hydrogen) atoms. The van der Waals surface area contributed by atoms with E-state index in [1.807, 2.05) is 0 Å². The van der Waals surface area contributed by atoms with Crippen LogP contribution in [-0.4, -0.2) is 0 Å². The first-order valence-corrected chi connectivity index (χ1v) is 7.60. The van der Waals surface area contributed by atoms with E-state index in [4.69, 9.17) is 0 Å². The van der Waals surface area contributed by atoms with Crippen molar-refractivity contribution in [2.45, 2.75) is 38.5 Å². The summed E-state index contributed by atoms with van der Waals surface area (Å²) in [4.78, 5) is 0. The molecular formula is C18H24. The van der Waals surface area contributed by atoms with Gasteiger partial charge in [-0.2, -0.15) is 0 Å². The monoisotopic (exact) mass is 240 g/mol. The Kier molecular flexibility index (Phi) is 3.83. The van der Waals surface area contributed by atoms with E-state index in [0.29, 0.717) is 0 Å². The summed E-state index contributed by atoms with van der Waals surface area (Å²) in [7, 11) is 0. The van der Waals surface area contributed by atoms with Crippen LogP contribution in [0.5, 0.6) is 0 Å². The molecule has 1 saturated carbocycles. The molecule has 0 spiro atoms. The van der Waals surface area contributed by atoms with E-state index < -0.39 is 0 Å². The van der Waals surface area contributed by atoms with Gasteiger partial charge in [0, 0.05) is 0 Å². The van der Waals surface area contributed by atoms with Crippen molar-refractivity contribution in [2.75, 3.05) is 0 Å². The van der Waals surface area contributed by atoms with Gasteiger partial charge in [-0.15, -0.1) is 0 Å². The second-order valence-electron chi connectivity index (χ2n) is 5.95. The molecule has 0 heteroatoms. The molecule has 0 aliphatic heterocycles. The zero-order chi connectivity index (χ0) is 12.2. The first-order valence-electron chi connectivity index (χ1n) is 7.60. The summed E-state index contributed by atoms with van der Waals surface area (Å²) in [5.41, 5.74) is 0. The Balaban J connectivity index is 0.000000115. The van der Waals surface area contributed by atoms with Crippen LogP contribution in [0.15, 0.2) is 48.6 Å². The Morgan fingerprint density at radius 2 is 1.22 bits per heavy atom. The number of hydrogen-bond donors (Lipinski definition) is 0. The number of hydrogen-bond acceptors (Lipinski definition) is 0. The molecule has 0 nitrogen and oxygen atoms in total. The first kappa shape index (κ1) is 12.0. The van der Waals surface area contributed by atoms with E-state index in [2.05, 4.69) is 48.6 Å². The Hall–Kier alpha value is -1.04. The predicted octanol–water partition coefficient (Wildman–Crippen LogP) is 5.06. The average molecular weight is 240 g/mol. The highest BCUT2D eigenvalue weighted by atomic mass is 14.5. The van der Waals surface area contributed by atoms with E-state index in [9.17, 15) is 0 Å². The molecule has 4 unspecified atom stereocenters. The van der Waals surface area contributed by atoms with Crippen molar-refractivity contribution in [3.63, 3.8) is 0 Å². The molecule has 0 aromatic carbocycles. The summed E-state index contributed by atoms with van der Waals surface area (Å²) in [6.45, 7) is 0. The number of allylic oxidation sites excluding steroid dienone is 8. The van der Waals surface area contributed by atoms with Crippen LogP contribution in [0, 0.1) is 23.7 Å². The summed E-state index contributed by atoms with van der Waals surface area (Å²) in [5.74, 6) is 3.82. The molecular weight excluding hydrogens is 216 g/mol. The average Bonchev–Trinajstić information content (AvgIpc) is 3.03. The molecule has 4 aliphatic rings. The van der Waals surface area contributed by atoms with Crippen molar-refractivity contribution in [3.8, 4) is 0 Å². The van der Waals surface area contributed by atoms with Gasteiger partial charge in [-0.1, -0.05) is 48.6 Å². The Morgan fingerprint density at radius 3 is 1.83 bits per heavy atom. The van der Waals surface area contributed by atoms with Crippen molar-refractivity contribution in [2.24, 2.45) is 23.7 Å². The maximum Gasteiger partial charge on any atom is -0.0133 e. The second kappa shape index (κ2) is 5.73. The zero-order valence-electron chi connectivity index (χ0n) is 11.2. The second-order valence-corrected chi connectivity index (χ2v) is 5.95. The van der Waals surface area contributed by atoms with Gasteiger partial charge >= 0.3 is 0 Å². The van der Waals surface area contributed by atoms with Gasteiger partial charge in [-0.25, -0.2) is 0 Å². The fraction of sp³-hybridized carbons (Fsp3) is 0.556. The lowest BCUT2D eigenvalue weighted by molar-refractivity contribution is 0.398. The Morgan fingerprint density at radius 1 is 0.611 bits per heavy atom. The number of rotatable bonds is 0. The fourth-order valence-electron chi connectivity index (χ4n) is 3.83. The van der Waals surface area contributed by atoms with Crippen LogP contribution in [0.4, 0.5) is 0 Å². The van der Waals surface area contributed by atoms with E-state index in [0.717, 1.165) is 23.7 Å². The molecule has 4 aliphatic carbocycles. The van der Waals surface area contributed by atoms with E-state index in [-0.39, 0.29) is 0 Å². The molecule has 2 bridgehead atoms. The summed E-state index contributed by atoms with van der Waals surface area (Å²) < 4.78 is 0. The summed E-state index contributed by atoms with van der Waals surface area (Å²) in [5, 5.41) is 0. The Bertz CT molecular complexity index is 357. The van der Waals surface area contributed by atoms with Crippen LogP contribution in [0.3, 0.4) is 0 Å². The van der Waals surface area contributed by atoms with Crippen molar-refractivity contribution in [3.05, 3.63) is 48.6 Å². The largest absolute Gasteiger partial charge is 0.0882 e. The van der Waals surface area contributed by atoms with Crippen molar-refractivity contribution >= 4 is 0 Å². The molecule has 0 amide bonds. The molecule has 0 heterocycles. The van der Waals surface area contributed by atoms with Gasteiger partial charge in [0.05, 0.1) is 0 Å². The van der Waals surface area contributed by atoms with Crippen LogP contribution in [0.25, 0.3) is 0 Å². The van der Waals surface area contributed by atoms with Gasteiger partial charge in [-0.05, 0) is 62.2 Å². The van der Waals surface area contributed by atoms with E-state index in [1.165, 1.54) is 38.5 Å². The summed E-state index contributed by atoms with van der Waals surface area (Å²) in [6, 6.07) is 0. The van der Waals surface area contributed by atoms with Crippen molar-refractivity contribution in [1.29, 1.82) is 0 Å². The lowest BCUT2D eigenvalue weighted by Crippen LogP contribution is -2.12. The van der Waals surface area contributed by atoms with Gasteiger partial charge in [0.25, 0.3) is 0 Å². The van der Waals surface area contributed by atoms with Crippen LogP contribution >= 0.6 is 0 Å². The van der Waals surface area contributed by atoms with Crippen LogP contribution in [0.1, 0.15) is 38.5 Å². The normalized spacial score (nSPS) is 42.7. The molecule has 0 radical (unpaired) electrons. The first-order chi connectivity index (χ1) is 8.95. The van der Waals surface area contributed by atoms with Gasteiger partial charge in [0.1, 0.15) is 0 Å². The number of fused-ring (bicyclic) bond motifs is 5. The van der Waals surface area contributed by atoms with Crippen molar-refractivity contribution in [1.82, 2.24) is 0 Å². The van der Waals surface area contributed by atoms with Crippen LogP contribution in [0.2, 0.25) is 0 Å². The molecule has 0 aromatic heterocycles. The molecule has 0 saturated heterocycles. The topological polar surface area (TPSA) is 0 Å². The fourth-order valence-corrected chi connectivity index (χ4v) is 3.83. The molecule has 1 fully saturated rings. The van der Waals surface area contributed by atoms with Gasteiger partial charge in [0.2, 0.25) is 0 Å². The summed E-state index contributed by atoms with van der Waals surface area (Å²) in [6.07, 6.45) is 26.5. The third kappa shape index (κ3) is 2.53. The third-order valence-electron chi connectivity index (χ3n) is 4.79. The van der Waals surface area contributed by atoms with Gasteiger partial charge in [-0.3, -0.25) is 0 Å². The molecule has 0 aromatic rings. The predicted molar refractivity (Wildman–Crippen MR) is 78.2 cm³/mol. The van der Waals surface area contributed by atoms with Gasteiger partial charge in [0.15, 0.2) is 0 Å². The molecule has 4 atom stereocenters. The molecule has 0 N–H and O–H groups in total. The highest BCUT2D eigenvalue weighted by Crippen LogP contribution is 2.52. The SMILES string of the molecule is C1=CC2C3C=CC(C3)C2C1.C1=C\CC/C=C\CC/1. The lowest BCUT2D eigenvalue weighted by Gasteiger charge is -2.18. The minimum Gasteiger partial charge on any atom is -0.0882 e. The van der Waals surface area contributed by atoms with Crippen molar-refractivity contribution < 1.29 is 0 Å². The van der Waals surface area contributed by atoms with Gasteiger partial charge < -0.3 is 0 Å². The third-order valence-corrected chi connectivity index (χ3v) is 4.79. The minimum atomic E-state index is 0.925. The highest BCUT2D eigenvalue weighted by Gasteiger charge is 2.44. The summed E-state index contributed by atoms with van der Waals surface area (Å²) >= 11 is 0. The highest BCUT2D eigenvalue weighted by molar-refractivity contribution is 5.21. The zero-order valence-corrected chi connectivity index (χ0v) is 11.2. The quantitative estimate of drug-likeness (QED) is 0.519. The Labute approximate surface area is 111 Å². The van der Waals surface area contributed by atoms with E-state index in [1.54, 1.807) is 0 Å². The maximum absolute atomic E-state index is 2.44. The lowest BCUT2D eigenvalue weighted by atomic mass is 9.86. The standard InChI is InChI=1S/C10H12.C8H12/c1-2-9-7-4-5-8(6-7)10(9)3-1;1-2-4-6-8-7-5-3-1/h1-2,4-5,7-10H,3,6H2;1-2,7-8H,3-6H2/b;2-1-,8-7-. The van der Waals surface area contributed by atoms with Crippen LogP contribution in [-0.2, 0) is 0 Å². The maximum atomic E-state index is 2.44. The molecule has 4 rings (SSSR count). The smallest absolute Gasteiger partial charge is 0.0133 e.